The summed E-state index contributed by atoms with van der Waals surface area (Å²) in [6.45, 7) is 3.99. The van der Waals surface area contributed by atoms with Crippen LogP contribution in [0.4, 0.5) is 8.78 Å². The van der Waals surface area contributed by atoms with E-state index in [1.807, 2.05) is 36.4 Å². The summed E-state index contributed by atoms with van der Waals surface area (Å²) in [4.78, 5) is 2.35. The van der Waals surface area contributed by atoms with E-state index in [1.165, 1.54) is 12.1 Å². The standard InChI is InChI=1S/C27H29ClF2N2O/c28-22-11-9-21(10-12-22)27(23-5-1-2-6-24(23)29)31-19-20-13-15-32(16-14-20)17-18-33-26-8-4-3-7-25(26)30/h1-12,20,27,31H,13-19H2/t27-/m0/s1. The van der Waals surface area contributed by atoms with Crippen molar-refractivity contribution < 1.29 is 13.5 Å². The number of halogens is 3. The number of nitrogens with one attached hydrogen (secondary N) is 1. The number of para-hydroxylation sites is 1. The van der Waals surface area contributed by atoms with Gasteiger partial charge >= 0.3 is 0 Å². The minimum atomic E-state index is -0.327. The number of piperidine rings is 1. The summed E-state index contributed by atoms with van der Waals surface area (Å²) in [5.41, 5.74) is 1.63. The second-order valence-electron chi connectivity index (χ2n) is 8.48. The normalized spacial score (nSPS) is 16.0. The average molecular weight is 471 g/mol. The third kappa shape index (κ3) is 6.53. The molecule has 0 unspecified atom stereocenters. The average Bonchev–Trinajstić information content (AvgIpc) is 2.83. The molecule has 3 nitrogen and oxygen atoms in total. The summed E-state index contributed by atoms with van der Waals surface area (Å²) < 4.78 is 33.8. The van der Waals surface area contributed by atoms with Crippen molar-refractivity contribution in [2.24, 2.45) is 5.92 Å². The largest absolute Gasteiger partial charge is 0.489 e. The number of nitrogens with zero attached hydrogens (tertiary/aromatic N) is 1. The van der Waals surface area contributed by atoms with Gasteiger partial charge in [0.15, 0.2) is 11.6 Å². The van der Waals surface area contributed by atoms with E-state index in [-0.39, 0.29) is 17.7 Å². The highest BCUT2D eigenvalue weighted by Gasteiger charge is 2.22. The third-order valence-electron chi connectivity index (χ3n) is 6.24. The molecule has 1 heterocycles. The molecule has 0 saturated carbocycles. The van der Waals surface area contributed by atoms with E-state index in [9.17, 15) is 8.78 Å². The maximum atomic E-state index is 14.6. The molecule has 4 rings (SSSR count). The van der Waals surface area contributed by atoms with Gasteiger partial charge in [-0.25, -0.2) is 8.78 Å². The lowest BCUT2D eigenvalue weighted by atomic mass is 9.94. The van der Waals surface area contributed by atoms with E-state index in [4.69, 9.17) is 16.3 Å². The van der Waals surface area contributed by atoms with Gasteiger partial charge in [0.1, 0.15) is 12.4 Å². The maximum absolute atomic E-state index is 14.6. The van der Waals surface area contributed by atoms with E-state index in [1.54, 1.807) is 24.3 Å². The molecule has 0 radical (unpaired) electrons. The zero-order valence-corrected chi connectivity index (χ0v) is 19.3. The summed E-state index contributed by atoms with van der Waals surface area (Å²) in [5, 5.41) is 4.26. The number of likely N-dealkylation sites (tertiary alicyclic amines) is 1. The van der Waals surface area contributed by atoms with Gasteiger partial charge in [-0.1, -0.05) is 54.1 Å². The molecule has 1 N–H and O–H groups in total. The zero-order chi connectivity index (χ0) is 23.0. The van der Waals surface area contributed by atoms with Gasteiger partial charge < -0.3 is 10.1 Å². The van der Waals surface area contributed by atoms with Crippen LogP contribution in [0.15, 0.2) is 72.8 Å². The molecule has 0 aliphatic carbocycles. The first-order valence-corrected chi connectivity index (χ1v) is 11.8. The smallest absolute Gasteiger partial charge is 0.165 e. The Kier molecular flexibility index (Phi) is 8.32. The number of benzene rings is 3. The van der Waals surface area contributed by atoms with Crippen LogP contribution in [0.1, 0.15) is 30.0 Å². The molecule has 1 aliphatic heterocycles. The van der Waals surface area contributed by atoms with Gasteiger partial charge in [0.25, 0.3) is 0 Å². The summed E-state index contributed by atoms with van der Waals surface area (Å²) >= 11 is 6.06. The number of hydrogen-bond acceptors (Lipinski definition) is 3. The molecular formula is C27H29ClF2N2O. The van der Waals surface area contributed by atoms with E-state index in [2.05, 4.69) is 10.2 Å². The summed E-state index contributed by atoms with van der Waals surface area (Å²) in [6.07, 6.45) is 2.11. The van der Waals surface area contributed by atoms with E-state index in [0.29, 0.717) is 28.9 Å². The molecule has 33 heavy (non-hydrogen) atoms. The Labute approximate surface area is 199 Å². The Morgan fingerprint density at radius 1 is 0.909 bits per heavy atom. The molecule has 1 aliphatic rings. The van der Waals surface area contributed by atoms with Gasteiger partial charge in [-0.2, -0.15) is 0 Å². The molecule has 6 heteroatoms. The van der Waals surface area contributed by atoms with Crippen LogP contribution in [0.5, 0.6) is 5.75 Å². The van der Waals surface area contributed by atoms with Crippen LogP contribution in [0.2, 0.25) is 5.02 Å². The number of rotatable bonds is 9. The molecule has 1 fully saturated rings. The number of ether oxygens (including phenoxy) is 1. The monoisotopic (exact) mass is 470 g/mol. The minimum Gasteiger partial charge on any atom is -0.489 e. The highest BCUT2D eigenvalue weighted by Crippen LogP contribution is 2.27. The molecule has 3 aromatic rings. The van der Waals surface area contributed by atoms with Gasteiger partial charge in [0.05, 0.1) is 6.04 Å². The van der Waals surface area contributed by atoms with Crippen LogP contribution < -0.4 is 10.1 Å². The van der Waals surface area contributed by atoms with Gasteiger partial charge in [0.2, 0.25) is 0 Å². The second kappa shape index (κ2) is 11.6. The van der Waals surface area contributed by atoms with Crippen molar-refractivity contribution >= 4 is 11.6 Å². The Bertz CT molecular complexity index is 1020. The molecule has 1 atom stereocenters. The lowest BCUT2D eigenvalue weighted by molar-refractivity contribution is 0.151. The molecule has 0 aromatic heterocycles. The summed E-state index contributed by atoms with van der Waals surface area (Å²) in [5.74, 6) is 0.273. The molecule has 1 saturated heterocycles. The fraction of sp³-hybridized carbons (Fsp3) is 0.333. The Morgan fingerprint density at radius 2 is 1.58 bits per heavy atom. The molecule has 174 valence electrons. The van der Waals surface area contributed by atoms with Crippen molar-refractivity contribution in [2.45, 2.75) is 18.9 Å². The van der Waals surface area contributed by atoms with Crippen molar-refractivity contribution in [1.82, 2.24) is 10.2 Å². The first kappa shape index (κ1) is 23.7. The second-order valence-corrected chi connectivity index (χ2v) is 8.91. The van der Waals surface area contributed by atoms with Gasteiger partial charge in [-0.05, 0) is 74.3 Å². The summed E-state index contributed by atoms with van der Waals surface area (Å²) in [7, 11) is 0. The number of hydrogen-bond donors (Lipinski definition) is 1. The van der Waals surface area contributed by atoms with Crippen molar-refractivity contribution in [2.75, 3.05) is 32.8 Å². The predicted octanol–water partition coefficient (Wildman–Crippen LogP) is 6.09. The van der Waals surface area contributed by atoms with Crippen molar-refractivity contribution in [3.63, 3.8) is 0 Å². The Hall–Kier alpha value is -2.47. The summed E-state index contributed by atoms with van der Waals surface area (Å²) in [6, 6.07) is 20.8. The van der Waals surface area contributed by atoms with Crippen LogP contribution in [-0.4, -0.2) is 37.7 Å². The van der Waals surface area contributed by atoms with E-state index in [0.717, 1.165) is 44.6 Å². The van der Waals surface area contributed by atoms with E-state index >= 15 is 0 Å². The van der Waals surface area contributed by atoms with Crippen LogP contribution >= 0.6 is 11.6 Å². The quantitative estimate of drug-likeness (QED) is 0.409. The highest BCUT2D eigenvalue weighted by molar-refractivity contribution is 6.30. The van der Waals surface area contributed by atoms with Gasteiger partial charge in [-0.3, -0.25) is 4.90 Å². The van der Waals surface area contributed by atoms with Crippen molar-refractivity contribution in [3.05, 3.63) is 101 Å². The topological polar surface area (TPSA) is 24.5 Å². The zero-order valence-electron chi connectivity index (χ0n) is 18.5. The molecule has 0 bridgehead atoms. The first-order chi connectivity index (χ1) is 16.1. The van der Waals surface area contributed by atoms with Crippen LogP contribution in [0.3, 0.4) is 0 Å². The van der Waals surface area contributed by atoms with E-state index < -0.39 is 0 Å². The SMILES string of the molecule is Fc1ccccc1OCCN1CCC(CN[C@@H](c2ccc(Cl)cc2)c2ccccc2F)CC1. The first-order valence-electron chi connectivity index (χ1n) is 11.4. The molecule has 0 amide bonds. The molecule has 3 aromatic carbocycles. The van der Waals surface area contributed by atoms with Crippen LogP contribution in [0.25, 0.3) is 0 Å². The molecule has 0 spiro atoms. The Morgan fingerprint density at radius 3 is 2.27 bits per heavy atom. The lowest BCUT2D eigenvalue weighted by Gasteiger charge is -2.33. The minimum absolute atomic E-state index is 0.213. The van der Waals surface area contributed by atoms with Crippen LogP contribution in [0, 0.1) is 17.6 Å². The van der Waals surface area contributed by atoms with Gasteiger partial charge in [0, 0.05) is 17.1 Å². The Balaban J connectivity index is 1.28. The highest BCUT2D eigenvalue weighted by atomic mass is 35.5. The van der Waals surface area contributed by atoms with Gasteiger partial charge in [-0.15, -0.1) is 0 Å². The lowest BCUT2D eigenvalue weighted by Crippen LogP contribution is -2.40. The van der Waals surface area contributed by atoms with Crippen molar-refractivity contribution in [1.29, 1.82) is 0 Å². The van der Waals surface area contributed by atoms with Crippen LogP contribution in [-0.2, 0) is 0 Å². The fourth-order valence-electron chi connectivity index (χ4n) is 4.32. The third-order valence-corrected chi connectivity index (χ3v) is 6.49. The fourth-order valence-corrected chi connectivity index (χ4v) is 4.44. The maximum Gasteiger partial charge on any atom is 0.165 e. The van der Waals surface area contributed by atoms with Crippen molar-refractivity contribution in [3.8, 4) is 5.75 Å². The predicted molar refractivity (Wildman–Crippen MR) is 129 cm³/mol. The molecular weight excluding hydrogens is 442 g/mol.